The van der Waals surface area contributed by atoms with Crippen LogP contribution in [0.2, 0.25) is 0 Å². The third-order valence-electron chi connectivity index (χ3n) is 5.37. The number of nitrogen functional groups attached to an aromatic ring is 1. The summed E-state index contributed by atoms with van der Waals surface area (Å²) in [5, 5.41) is 11.5. The van der Waals surface area contributed by atoms with Gasteiger partial charge in [-0.05, 0) is 48.2 Å². The van der Waals surface area contributed by atoms with Gasteiger partial charge in [-0.15, -0.1) is 0 Å². The molecule has 0 radical (unpaired) electrons. The number of hydrogen-bond donors (Lipinski definition) is 2. The van der Waals surface area contributed by atoms with E-state index in [4.69, 9.17) is 14.9 Å². The highest BCUT2D eigenvalue weighted by atomic mass is 16.5. The van der Waals surface area contributed by atoms with Crippen LogP contribution < -0.4 is 10.5 Å². The monoisotopic (exact) mass is 440 g/mol. The van der Waals surface area contributed by atoms with Gasteiger partial charge in [0.25, 0.3) is 0 Å². The van der Waals surface area contributed by atoms with Gasteiger partial charge < -0.3 is 14.9 Å². The number of benzene rings is 2. The summed E-state index contributed by atoms with van der Waals surface area (Å²) < 4.78 is 13.0. The van der Waals surface area contributed by atoms with E-state index in [-0.39, 0.29) is 0 Å². The fourth-order valence-electron chi connectivity index (χ4n) is 3.58. The Balaban J connectivity index is 1.14. The second-order valence-electron chi connectivity index (χ2n) is 7.67. The third-order valence-corrected chi connectivity index (χ3v) is 5.37. The normalized spacial score (nSPS) is 11.0. The maximum Gasteiger partial charge on any atom is 0.192 e. The van der Waals surface area contributed by atoms with Crippen molar-refractivity contribution in [2.45, 2.75) is 26.0 Å². The Morgan fingerprint density at radius 3 is 2.61 bits per heavy atom. The molecule has 0 aliphatic rings. The first-order valence-electron chi connectivity index (χ1n) is 10.8. The van der Waals surface area contributed by atoms with Crippen molar-refractivity contribution in [2.75, 3.05) is 5.73 Å². The summed E-state index contributed by atoms with van der Waals surface area (Å²) in [7, 11) is 0. The molecule has 0 amide bonds. The van der Waals surface area contributed by atoms with Crippen LogP contribution in [0.15, 0.2) is 83.6 Å². The Morgan fingerprint density at radius 2 is 1.82 bits per heavy atom. The first-order valence-corrected chi connectivity index (χ1v) is 10.8. The van der Waals surface area contributed by atoms with Crippen LogP contribution in [0.1, 0.15) is 17.5 Å². The minimum Gasteiger partial charge on any atom is -0.489 e. The van der Waals surface area contributed by atoms with E-state index < -0.39 is 0 Å². The van der Waals surface area contributed by atoms with Gasteiger partial charge in [0, 0.05) is 6.54 Å². The highest BCUT2D eigenvalue weighted by Crippen LogP contribution is 2.25. The van der Waals surface area contributed by atoms with E-state index in [9.17, 15) is 0 Å². The summed E-state index contributed by atoms with van der Waals surface area (Å²) in [6.07, 6.45) is 5.11. The van der Waals surface area contributed by atoms with Crippen molar-refractivity contribution >= 4 is 5.82 Å². The highest BCUT2D eigenvalue weighted by Gasteiger charge is 2.15. The standard InChI is InChI=1S/C25H24N6O2/c26-23-21(24-28-25(30-29-24)22-9-5-15-32-22)16-27-31(23)14-4-8-18-10-12-20(13-11-18)33-17-19-6-2-1-3-7-19/h1-3,5-7,9-13,15-16H,4,8,14,17,26H2,(H,28,29,30). The number of nitrogens with two attached hydrogens (primary N) is 1. The number of anilines is 1. The molecule has 8 nitrogen and oxygen atoms in total. The van der Waals surface area contributed by atoms with Gasteiger partial charge in [0.2, 0.25) is 0 Å². The first-order chi connectivity index (χ1) is 16.3. The number of aromatic nitrogens is 5. The average Bonchev–Trinajstić information content (AvgIpc) is 3.61. The number of rotatable bonds is 9. The molecule has 166 valence electrons. The third kappa shape index (κ3) is 4.79. The van der Waals surface area contributed by atoms with Gasteiger partial charge in [-0.1, -0.05) is 42.5 Å². The maximum absolute atomic E-state index is 6.31. The molecule has 0 spiro atoms. The Morgan fingerprint density at radius 1 is 0.970 bits per heavy atom. The van der Waals surface area contributed by atoms with E-state index in [1.54, 1.807) is 23.2 Å². The van der Waals surface area contributed by atoms with Crippen molar-refractivity contribution in [3.8, 4) is 28.7 Å². The van der Waals surface area contributed by atoms with Crippen molar-refractivity contribution in [3.63, 3.8) is 0 Å². The molecular formula is C25H24N6O2. The first kappa shape index (κ1) is 20.6. The molecule has 8 heteroatoms. The summed E-state index contributed by atoms with van der Waals surface area (Å²) in [5.74, 6) is 3.08. The number of furan rings is 1. The zero-order valence-corrected chi connectivity index (χ0v) is 18.0. The van der Waals surface area contributed by atoms with E-state index in [1.807, 2.05) is 36.4 Å². The molecule has 3 heterocycles. The van der Waals surface area contributed by atoms with Gasteiger partial charge in [0.1, 0.15) is 18.2 Å². The Bertz CT molecular complexity index is 1290. The van der Waals surface area contributed by atoms with E-state index in [2.05, 4.69) is 44.5 Å². The Hall–Kier alpha value is -4.33. The van der Waals surface area contributed by atoms with Gasteiger partial charge >= 0.3 is 0 Å². The van der Waals surface area contributed by atoms with E-state index >= 15 is 0 Å². The predicted octanol–water partition coefficient (Wildman–Crippen LogP) is 4.72. The molecule has 0 saturated carbocycles. The SMILES string of the molecule is Nc1c(-c2n[nH]c(-c3ccco3)n2)cnn1CCCc1ccc(OCc2ccccc2)cc1. The molecule has 0 unspecified atom stereocenters. The molecule has 0 aliphatic carbocycles. The lowest BCUT2D eigenvalue weighted by Gasteiger charge is -2.08. The summed E-state index contributed by atoms with van der Waals surface area (Å²) in [5.41, 5.74) is 9.40. The zero-order chi connectivity index (χ0) is 22.5. The number of hydrogen-bond acceptors (Lipinski definition) is 6. The van der Waals surface area contributed by atoms with Crippen molar-refractivity contribution in [3.05, 3.63) is 90.3 Å². The molecule has 5 rings (SSSR count). The van der Waals surface area contributed by atoms with E-state index in [0.717, 1.165) is 24.2 Å². The van der Waals surface area contributed by atoms with Gasteiger partial charge in [-0.2, -0.15) is 10.2 Å². The molecule has 0 atom stereocenters. The Kier molecular flexibility index (Phi) is 5.88. The van der Waals surface area contributed by atoms with Crippen molar-refractivity contribution in [2.24, 2.45) is 0 Å². The molecule has 3 N–H and O–H groups in total. The smallest absolute Gasteiger partial charge is 0.192 e. The minimum absolute atomic E-state index is 0.497. The van der Waals surface area contributed by atoms with Crippen LogP contribution in [0.25, 0.3) is 23.0 Å². The molecule has 33 heavy (non-hydrogen) atoms. The summed E-state index contributed by atoms with van der Waals surface area (Å²) >= 11 is 0. The van der Waals surface area contributed by atoms with Gasteiger partial charge in [-0.3, -0.25) is 5.10 Å². The van der Waals surface area contributed by atoms with Crippen LogP contribution in [0.4, 0.5) is 5.82 Å². The van der Waals surface area contributed by atoms with Crippen LogP contribution in [-0.4, -0.2) is 25.0 Å². The minimum atomic E-state index is 0.497. The fourth-order valence-corrected chi connectivity index (χ4v) is 3.58. The average molecular weight is 441 g/mol. The van der Waals surface area contributed by atoms with Gasteiger partial charge in [0.05, 0.1) is 18.0 Å². The fraction of sp³-hybridized carbons (Fsp3) is 0.160. The summed E-state index contributed by atoms with van der Waals surface area (Å²) in [4.78, 5) is 4.46. The number of nitrogens with zero attached hydrogens (tertiary/aromatic N) is 4. The van der Waals surface area contributed by atoms with Crippen molar-refractivity contribution < 1.29 is 9.15 Å². The van der Waals surface area contributed by atoms with Crippen molar-refractivity contribution in [1.29, 1.82) is 0 Å². The topological polar surface area (TPSA) is 108 Å². The van der Waals surface area contributed by atoms with E-state index in [0.29, 0.717) is 41.9 Å². The van der Waals surface area contributed by atoms with Crippen LogP contribution in [0, 0.1) is 0 Å². The number of H-pyrrole nitrogens is 1. The lowest BCUT2D eigenvalue weighted by atomic mass is 10.1. The Labute approximate surface area is 191 Å². The highest BCUT2D eigenvalue weighted by molar-refractivity contribution is 5.68. The molecule has 0 bridgehead atoms. The van der Waals surface area contributed by atoms with Crippen LogP contribution in [0.3, 0.4) is 0 Å². The summed E-state index contributed by atoms with van der Waals surface area (Å²) in [6.45, 7) is 1.27. The van der Waals surface area contributed by atoms with Crippen LogP contribution in [-0.2, 0) is 19.6 Å². The number of aromatic amines is 1. The molecule has 5 aromatic rings. The second kappa shape index (κ2) is 9.44. The molecular weight excluding hydrogens is 416 g/mol. The second-order valence-corrected chi connectivity index (χ2v) is 7.67. The number of aryl methyl sites for hydroxylation is 2. The summed E-state index contributed by atoms with van der Waals surface area (Å²) in [6, 6.07) is 22.0. The lowest BCUT2D eigenvalue weighted by Crippen LogP contribution is -2.06. The lowest BCUT2D eigenvalue weighted by molar-refractivity contribution is 0.306. The van der Waals surface area contributed by atoms with Crippen molar-refractivity contribution in [1.82, 2.24) is 25.0 Å². The maximum atomic E-state index is 6.31. The number of nitrogens with one attached hydrogen (secondary N) is 1. The van der Waals surface area contributed by atoms with Crippen LogP contribution >= 0.6 is 0 Å². The molecule has 2 aromatic carbocycles. The number of ether oxygens (including phenoxy) is 1. The largest absolute Gasteiger partial charge is 0.489 e. The quantitative estimate of drug-likeness (QED) is 0.343. The molecule has 3 aromatic heterocycles. The molecule has 0 fully saturated rings. The molecule has 0 saturated heterocycles. The predicted molar refractivity (Wildman–Crippen MR) is 125 cm³/mol. The van der Waals surface area contributed by atoms with Gasteiger partial charge in [0.15, 0.2) is 17.4 Å². The zero-order valence-electron chi connectivity index (χ0n) is 18.0. The van der Waals surface area contributed by atoms with E-state index in [1.165, 1.54) is 5.56 Å². The molecule has 0 aliphatic heterocycles. The van der Waals surface area contributed by atoms with Crippen LogP contribution in [0.5, 0.6) is 5.75 Å². The van der Waals surface area contributed by atoms with Gasteiger partial charge in [-0.25, -0.2) is 9.67 Å².